The van der Waals surface area contributed by atoms with Gasteiger partial charge in [0.15, 0.2) is 10.6 Å². The Bertz CT molecular complexity index is 1330. The maximum absolute atomic E-state index is 12.8. The van der Waals surface area contributed by atoms with Crippen molar-refractivity contribution in [2.75, 3.05) is 6.54 Å². The van der Waals surface area contributed by atoms with Crippen LogP contribution in [-0.4, -0.2) is 36.1 Å². The molecule has 5 heterocycles. The zero-order valence-electron chi connectivity index (χ0n) is 16.5. The van der Waals surface area contributed by atoms with Gasteiger partial charge in [0.25, 0.3) is 5.56 Å². The van der Waals surface area contributed by atoms with Crippen molar-refractivity contribution in [3.05, 3.63) is 51.0 Å². The smallest absolute Gasteiger partial charge is 0.259 e. The Morgan fingerprint density at radius 1 is 1.17 bits per heavy atom. The van der Waals surface area contributed by atoms with Crippen molar-refractivity contribution in [2.24, 2.45) is 0 Å². The van der Waals surface area contributed by atoms with E-state index in [0.717, 1.165) is 34.8 Å². The fraction of sp³-hybridized carbons (Fsp3) is 0.429. The van der Waals surface area contributed by atoms with Crippen LogP contribution in [0.25, 0.3) is 22.0 Å². The van der Waals surface area contributed by atoms with E-state index in [4.69, 9.17) is 4.98 Å². The molecule has 0 amide bonds. The molecule has 1 N–H and O–H groups in total. The molecule has 2 aliphatic rings. The lowest BCUT2D eigenvalue weighted by Crippen LogP contribution is -2.39. The number of nitrogens with one attached hydrogen (secondary N) is 1. The second-order valence-corrected chi connectivity index (χ2v) is 9.57. The Kier molecular flexibility index (Phi) is 3.56. The first-order chi connectivity index (χ1) is 14.0. The molecule has 7 nitrogen and oxygen atoms in total. The predicted molar refractivity (Wildman–Crippen MR) is 113 cm³/mol. The van der Waals surface area contributed by atoms with E-state index in [0.29, 0.717) is 22.8 Å². The Labute approximate surface area is 171 Å². The number of hydrogen-bond acceptors (Lipinski definition) is 6. The van der Waals surface area contributed by atoms with Crippen molar-refractivity contribution < 1.29 is 0 Å². The molecular weight excluding hydrogens is 384 g/mol. The molecule has 0 radical (unpaired) electrons. The van der Waals surface area contributed by atoms with Gasteiger partial charge in [-0.05, 0) is 63.6 Å². The topological polar surface area (TPSA) is 76.6 Å². The van der Waals surface area contributed by atoms with Gasteiger partial charge in [0.05, 0.1) is 17.6 Å². The van der Waals surface area contributed by atoms with Crippen LogP contribution in [0.1, 0.15) is 47.7 Å². The molecule has 148 valence electrons. The van der Waals surface area contributed by atoms with Crippen molar-refractivity contribution in [3.8, 4) is 11.4 Å². The minimum atomic E-state index is -0.0519. The number of piperidine rings is 1. The average Bonchev–Trinajstić information content (AvgIpc) is 3.13. The van der Waals surface area contributed by atoms with E-state index in [1.165, 1.54) is 24.1 Å². The molecule has 0 unspecified atom stereocenters. The van der Waals surface area contributed by atoms with Gasteiger partial charge in [-0.1, -0.05) is 0 Å². The lowest BCUT2D eigenvalue weighted by atomic mass is 9.90. The van der Waals surface area contributed by atoms with Gasteiger partial charge < -0.3 is 5.32 Å². The second-order valence-electron chi connectivity index (χ2n) is 8.53. The maximum atomic E-state index is 12.8. The Hall–Kier alpha value is -2.58. The molecule has 4 aromatic rings. The molecule has 8 heteroatoms. The van der Waals surface area contributed by atoms with E-state index < -0.39 is 0 Å². The number of rotatable bonds is 2. The number of hydrogen-bond donors (Lipinski definition) is 1. The molecule has 2 fully saturated rings. The zero-order valence-corrected chi connectivity index (χ0v) is 17.3. The van der Waals surface area contributed by atoms with Gasteiger partial charge in [-0.3, -0.25) is 9.20 Å². The lowest BCUT2D eigenvalue weighted by molar-refractivity contribution is 0.348. The molecule has 0 aromatic carbocycles. The van der Waals surface area contributed by atoms with Crippen molar-refractivity contribution >= 4 is 21.9 Å². The Balaban J connectivity index is 1.43. The van der Waals surface area contributed by atoms with Crippen LogP contribution in [-0.2, 0) is 0 Å². The number of aromatic nitrogens is 5. The number of nitrogens with zero attached hydrogens (tertiary/aromatic N) is 5. The molecule has 1 aliphatic heterocycles. The minimum absolute atomic E-state index is 0.0519. The Morgan fingerprint density at radius 3 is 2.86 bits per heavy atom. The number of thiazole rings is 1. The third-order valence-electron chi connectivity index (χ3n) is 6.26. The fourth-order valence-corrected chi connectivity index (χ4v) is 5.66. The largest absolute Gasteiger partial charge is 0.311 e. The van der Waals surface area contributed by atoms with Crippen LogP contribution in [0.5, 0.6) is 0 Å². The first kappa shape index (κ1) is 17.3. The summed E-state index contributed by atoms with van der Waals surface area (Å²) < 4.78 is 3.46. The molecule has 0 bridgehead atoms. The first-order valence-electron chi connectivity index (χ1n) is 10.1. The summed E-state index contributed by atoms with van der Waals surface area (Å²) in [6, 6.07) is 3.55. The quantitative estimate of drug-likeness (QED) is 0.554. The second kappa shape index (κ2) is 5.96. The lowest BCUT2D eigenvalue weighted by Gasteiger charge is -2.29. The van der Waals surface area contributed by atoms with Crippen molar-refractivity contribution in [1.82, 2.24) is 29.3 Å². The summed E-state index contributed by atoms with van der Waals surface area (Å²) in [7, 11) is 0. The van der Waals surface area contributed by atoms with Gasteiger partial charge in [-0.2, -0.15) is 5.10 Å². The van der Waals surface area contributed by atoms with Crippen LogP contribution in [0.3, 0.4) is 0 Å². The summed E-state index contributed by atoms with van der Waals surface area (Å²) in [5.41, 5.74) is 4.39. The molecule has 1 spiro atoms. The van der Waals surface area contributed by atoms with E-state index in [2.05, 4.69) is 15.4 Å². The summed E-state index contributed by atoms with van der Waals surface area (Å²) in [5.74, 6) is 0.513. The van der Waals surface area contributed by atoms with Gasteiger partial charge in [0, 0.05) is 22.7 Å². The standard InChI is InChI=1S/C21H22N6OS/c1-12-7-16(25-27-10-13(2)23-19(12)27)15-8-18(28)26-11-17(29-20(26)24-15)14-3-6-22-21(9-14)4-5-21/h7-8,10-11,14,22H,3-6,9H2,1-2H3/t14-/m1/s1. The molecule has 1 saturated carbocycles. The normalized spacial score (nSPS) is 20.7. The highest BCUT2D eigenvalue weighted by Gasteiger charge is 2.46. The van der Waals surface area contributed by atoms with Gasteiger partial charge in [-0.25, -0.2) is 14.5 Å². The van der Waals surface area contributed by atoms with Gasteiger partial charge in [-0.15, -0.1) is 11.3 Å². The molecule has 29 heavy (non-hydrogen) atoms. The average molecular weight is 407 g/mol. The van der Waals surface area contributed by atoms with E-state index in [9.17, 15) is 4.79 Å². The third-order valence-corrected chi connectivity index (χ3v) is 7.41. The summed E-state index contributed by atoms with van der Waals surface area (Å²) in [4.78, 5) is 24.1. The number of fused-ring (bicyclic) bond motifs is 2. The van der Waals surface area contributed by atoms with Crippen molar-refractivity contribution in [3.63, 3.8) is 0 Å². The van der Waals surface area contributed by atoms with Crippen molar-refractivity contribution in [2.45, 2.75) is 51.0 Å². The molecule has 1 saturated heterocycles. The fourth-order valence-electron chi connectivity index (χ4n) is 4.54. The highest BCUT2D eigenvalue weighted by molar-refractivity contribution is 7.17. The highest BCUT2D eigenvalue weighted by atomic mass is 32.1. The minimum Gasteiger partial charge on any atom is -0.311 e. The first-order valence-corrected chi connectivity index (χ1v) is 10.9. The van der Waals surface area contributed by atoms with E-state index in [1.807, 2.05) is 32.3 Å². The van der Waals surface area contributed by atoms with Gasteiger partial charge in [0.2, 0.25) is 0 Å². The number of aryl methyl sites for hydroxylation is 2. The van der Waals surface area contributed by atoms with E-state index in [1.54, 1.807) is 26.3 Å². The predicted octanol–water partition coefficient (Wildman–Crippen LogP) is 3.08. The molecule has 4 aromatic heterocycles. The summed E-state index contributed by atoms with van der Waals surface area (Å²) in [6.07, 6.45) is 8.74. The van der Waals surface area contributed by atoms with Crippen LogP contribution < -0.4 is 10.9 Å². The van der Waals surface area contributed by atoms with Gasteiger partial charge >= 0.3 is 0 Å². The zero-order chi connectivity index (χ0) is 19.8. The summed E-state index contributed by atoms with van der Waals surface area (Å²) in [6.45, 7) is 5.01. The molecule has 6 rings (SSSR count). The van der Waals surface area contributed by atoms with E-state index in [-0.39, 0.29) is 5.56 Å². The van der Waals surface area contributed by atoms with Crippen LogP contribution in [0.4, 0.5) is 0 Å². The van der Waals surface area contributed by atoms with Crippen molar-refractivity contribution in [1.29, 1.82) is 0 Å². The van der Waals surface area contributed by atoms with Gasteiger partial charge in [0.1, 0.15) is 5.69 Å². The third kappa shape index (κ3) is 2.81. The van der Waals surface area contributed by atoms with Crippen LogP contribution in [0.2, 0.25) is 0 Å². The maximum Gasteiger partial charge on any atom is 0.259 e. The SMILES string of the molecule is Cc1cn2nc(-c3cc(=O)n4cc([C@@H]5CCNC6(CC6)C5)sc4n3)cc(C)c2n1. The Morgan fingerprint density at radius 2 is 2.03 bits per heavy atom. The van der Waals surface area contributed by atoms with Crippen LogP contribution in [0.15, 0.2) is 29.3 Å². The molecular formula is C21H22N6OS. The van der Waals surface area contributed by atoms with Crippen LogP contribution in [0, 0.1) is 13.8 Å². The van der Waals surface area contributed by atoms with Crippen LogP contribution >= 0.6 is 11.3 Å². The monoisotopic (exact) mass is 406 g/mol. The molecule has 1 atom stereocenters. The summed E-state index contributed by atoms with van der Waals surface area (Å²) >= 11 is 1.64. The molecule has 1 aliphatic carbocycles. The summed E-state index contributed by atoms with van der Waals surface area (Å²) in [5, 5.41) is 8.31. The number of imidazole rings is 1. The highest BCUT2D eigenvalue weighted by Crippen LogP contribution is 2.47. The van der Waals surface area contributed by atoms with E-state index >= 15 is 0 Å².